The highest BCUT2D eigenvalue weighted by Gasteiger charge is 2.35. The van der Waals surface area contributed by atoms with E-state index in [4.69, 9.17) is 0 Å². The molecule has 1 atom stereocenters. The summed E-state index contributed by atoms with van der Waals surface area (Å²) in [4.78, 5) is 16.8. The SMILES string of the molecule is CC(C)C(=O)NS(=O)(=O)C1CCN(C2CCN(C(C)C(C)C)CC2)CC1. The molecule has 0 aromatic carbocycles. The van der Waals surface area contributed by atoms with Gasteiger partial charge in [-0.2, -0.15) is 0 Å². The molecule has 0 spiro atoms. The summed E-state index contributed by atoms with van der Waals surface area (Å²) in [5, 5.41) is -0.442. The van der Waals surface area contributed by atoms with Crippen LogP contribution < -0.4 is 4.72 Å². The molecule has 6 nitrogen and oxygen atoms in total. The number of piperidine rings is 2. The third-order valence-corrected chi connectivity index (χ3v) is 8.07. The highest BCUT2D eigenvalue weighted by Crippen LogP contribution is 2.25. The Morgan fingerprint density at radius 2 is 1.46 bits per heavy atom. The number of hydrogen-bond donors (Lipinski definition) is 1. The van der Waals surface area contributed by atoms with Crippen LogP contribution in [-0.2, 0) is 14.8 Å². The lowest BCUT2D eigenvalue weighted by atomic mass is 9.96. The van der Waals surface area contributed by atoms with Crippen molar-refractivity contribution in [3.05, 3.63) is 0 Å². The number of likely N-dealkylation sites (tertiary alicyclic amines) is 2. The van der Waals surface area contributed by atoms with Crippen molar-refractivity contribution in [1.29, 1.82) is 0 Å². The van der Waals surface area contributed by atoms with Gasteiger partial charge in [0.15, 0.2) is 0 Å². The van der Waals surface area contributed by atoms with Crippen molar-refractivity contribution in [2.45, 2.75) is 77.6 Å². The van der Waals surface area contributed by atoms with Crippen molar-refractivity contribution in [2.24, 2.45) is 11.8 Å². The first-order valence-corrected chi connectivity index (χ1v) is 11.7. The van der Waals surface area contributed by atoms with Crippen LogP contribution in [0.1, 0.15) is 60.3 Å². The molecule has 26 heavy (non-hydrogen) atoms. The summed E-state index contributed by atoms with van der Waals surface area (Å²) in [6.07, 6.45) is 3.56. The van der Waals surface area contributed by atoms with Crippen LogP contribution in [0, 0.1) is 11.8 Å². The van der Waals surface area contributed by atoms with E-state index in [0.717, 1.165) is 26.2 Å². The molecule has 0 aliphatic carbocycles. The summed E-state index contributed by atoms with van der Waals surface area (Å²) >= 11 is 0. The molecule has 0 bridgehead atoms. The standard InChI is InChI=1S/C19H37N3O3S/c1-14(2)16(5)21-10-6-17(7-11-21)22-12-8-18(9-13-22)26(24,25)20-19(23)15(3)4/h14-18H,6-13H2,1-5H3,(H,20,23). The predicted octanol–water partition coefficient (Wildman–Crippen LogP) is 2.06. The second kappa shape index (κ2) is 9.02. The van der Waals surface area contributed by atoms with Gasteiger partial charge in [0.05, 0.1) is 5.25 Å². The van der Waals surface area contributed by atoms with E-state index in [1.165, 1.54) is 12.8 Å². The molecule has 2 aliphatic rings. The third-order valence-electron chi connectivity index (χ3n) is 6.24. The van der Waals surface area contributed by atoms with Gasteiger partial charge in [-0.15, -0.1) is 0 Å². The molecule has 1 N–H and O–H groups in total. The normalized spacial score (nSPS) is 23.5. The minimum Gasteiger partial charge on any atom is -0.300 e. The summed E-state index contributed by atoms with van der Waals surface area (Å²) in [6, 6.07) is 1.19. The second-order valence-electron chi connectivity index (χ2n) is 8.65. The molecule has 2 heterocycles. The van der Waals surface area contributed by atoms with Crippen molar-refractivity contribution in [3.8, 4) is 0 Å². The molecule has 2 fully saturated rings. The lowest BCUT2D eigenvalue weighted by Crippen LogP contribution is -2.52. The van der Waals surface area contributed by atoms with Crippen molar-refractivity contribution in [1.82, 2.24) is 14.5 Å². The van der Waals surface area contributed by atoms with Gasteiger partial charge in [0.1, 0.15) is 0 Å². The maximum Gasteiger partial charge on any atom is 0.237 e. The summed E-state index contributed by atoms with van der Waals surface area (Å²) < 4.78 is 27.1. The molecule has 2 aliphatic heterocycles. The van der Waals surface area contributed by atoms with Gasteiger partial charge in [-0.05, 0) is 64.7 Å². The first kappa shape index (κ1) is 21.6. The van der Waals surface area contributed by atoms with Crippen LogP contribution in [-0.4, -0.2) is 67.6 Å². The Kier molecular flexibility index (Phi) is 7.51. The molecule has 1 amide bonds. The van der Waals surface area contributed by atoms with Gasteiger partial charge >= 0.3 is 0 Å². The highest BCUT2D eigenvalue weighted by atomic mass is 32.2. The van der Waals surface area contributed by atoms with E-state index in [-0.39, 0.29) is 5.92 Å². The summed E-state index contributed by atoms with van der Waals surface area (Å²) in [5.41, 5.74) is 0. The monoisotopic (exact) mass is 387 g/mol. The zero-order valence-electron chi connectivity index (χ0n) is 17.1. The fraction of sp³-hybridized carbons (Fsp3) is 0.947. The van der Waals surface area contributed by atoms with E-state index in [9.17, 15) is 13.2 Å². The van der Waals surface area contributed by atoms with Crippen LogP contribution in [0.2, 0.25) is 0 Å². The van der Waals surface area contributed by atoms with Crippen LogP contribution in [0.3, 0.4) is 0 Å². The molecule has 0 saturated carbocycles. The van der Waals surface area contributed by atoms with Gasteiger partial charge in [-0.1, -0.05) is 27.7 Å². The quantitative estimate of drug-likeness (QED) is 0.755. The van der Waals surface area contributed by atoms with Crippen LogP contribution in [0.25, 0.3) is 0 Å². The van der Waals surface area contributed by atoms with Gasteiger partial charge in [0, 0.05) is 18.0 Å². The van der Waals surface area contributed by atoms with Gasteiger partial charge in [0.2, 0.25) is 15.9 Å². The zero-order chi connectivity index (χ0) is 19.5. The lowest BCUT2D eigenvalue weighted by Gasteiger charge is -2.43. The van der Waals surface area contributed by atoms with E-state index >= 15 is 0 Å². The number of carbonyl (C=O) groups excluding carboxylic acids is 1. The Hall–Kier alpha value is -0.660. The van der Waals surface area contributed by atoms with Crippen LogP contribution in [0.5, 0.6) is 0 Å². The summed E-state index contributed by atoms with van der Waals surface area (Å²) in [6.45, 7) is 14.2. The minimum atomic E-state index is -3.55. The molecular weight excluding hydrogens is 350 g/mol. The largest absolute Gasteiger partial charge is 0.300 e. The summed E-state index contributed by atoms with van der Waals surface area (Å²) in [7, 11) is -3.55. The molecule has 2 saturated heterocycles. The Bertz CT molecular complexity index is 561. The van der Waals surface area contributed by atoms with E-state index in [1.54, 1.807) is 13.8 Å². The average Bonchev–Trinajstić information content (AvgIpc) is 2.60. The fourth-order valence-electron chi connectivity index (χ4n) is 3.97. The van der Waals surface area contributed by atoms with Crippen LogP contribution >= 0.6 is 0 Å². The molecule has 0 aromatic heterocycles. The molecule has 1 unspecified atom stereocenters. The van der Waals surface area contributed by atoms with Crippen molar-refractivity contribution >= 4 is 15.9 Å². The Morgan fingerprint density at radius 1 is 0.923 bits per heavy atom. The van der Waals surface area contributed by atoms with Gasteiger partial charge in [-0.3, -0.25) is 9.52 Å². The van der Waals surface area contributed by atoms with Crippen LogP contribution in [0.4, 0.5) is 0 Å². The minimum absolute atomic E-state index is 0.316. The first-order chi connectivity index (χ1) is 12.1. The fourth-order valence-corrected chi connectivity index (χ4v) is 5.49. The maximum absolute atomic E-state index is 12.4. The van der Waals surface area contributed by atoms with Crippen LogP contribution in [0.15, 0.2) is 0 Å². The maximum atomic E-state index is 12.4. The molecule has 0 radical (unpaired) electrons. The number of carbonyl (C=O) groups is 1. The molecule has 2 rings (SSSR count). The van der Waals surface area contributed by atoms with Gasteiger partial charge in [-0.25, -0.2) is 8.42 Å². The smallest absolute Gasteiger partial charge is 0.237 e. The van der Waals surface area contributed by atoms with Gasteiger partial charge in [0.25, 0.3) is 0 Å². The molecule has 0 aromatic rings. The summed E-state index contributed by atoms with van der Waals surface area (Å²) in [5.74, 6) is -0.0455. The Balaban J connectivity index is 1.81. The molecular formula is C19H37N3O3S. The average molecular weight is 388 g/mol. The number of nitrogens with one attached hydrogen (secondary N) is 1. The number of hydrogen-bond acceptors (Lipinski definition) is 5. The Labute approximate surface area is 159 Å². The topological polar surface area (TPSA) is 69.7 Å². The molecule has 152 valence electrons. The van der Waals surface area contributed by atoms with Gasteiger partial charge < -0.3 is 9.80 Å². The second-order valence-corrected chi connectivity index (χ2v) is 10.6. The lowest BCUT2D eigenvalue weighted by molar-refractivity contribution is -0.122. The zero-order valence-corrected chi connectivity index (χ0v) is 17.9. The molecule has 7 heteroatoms. The number of nitrogens with zero attached hydrogens (tertiary/aromatic N) is 2. The van der Waals surface area contributed by atoms with Crippen molar-refractivity contribution in [2.75, 3.05) is 26.2 Å². The predicted molar refractivity (Wildman–Crippen MR) is 105 cm³/mol. The van der Waals surface area contributed by atoms with E-state index < -0.39 is 21.2 Å². The van der Waals surface area contributed by atoms with Crippen molar-refractivity contribution < 1.29 is 13.2 Å². The number of amides is 1. The van der Waals surface area contributed by atoms with Crippen molar-refractivity contribution in [3.63, 3.8) is 0 Å². The Morgan fingerprint density at radius 3 is 1.92 bits per heavy atom. The van der Waals surface area contributed by atoms with E-state index in [1.807, 2.05) is 0 Å². The number of rotatable bonds is 6. The highest BCUT2D eigenvalue weighted by molar-refractivity contribution is 7.90. The third kappa shape index (κ3) is 5.42. The van der Waals surface area contributed by atoms with E-state index in [2.05, 4.69) is 35.3 Å². The number of sulfonamides is 1. The van der Waals surface area contributed by atoms with E-state index in [0.29, 0.717) is 30.8 Å². The first-order valence-electron chi connectivity index (χ1n) is 10.2.